The molecule has 12 nitrogen and oxygen atoms in total. The first kappa shape index (κ1) is 19.5. The number of H-pyrrole nitrogens is 2. The van der Waals surface area contributed by atoms with Crippen molar-refractivity contribution in [2.24, 2.45) is 0 Å². The van der Waals surface area contributed by atoms with E-state index >= 15 is 0 Å². The number of aryl methyl sites for hydroxylation is 1. The van der Waals surface area contributed by atoms with E-state index < -0.39 is 42.5 Å². The lowest BCUT2D eigenvalue weighted by molar-refractivity contribution is -0.0549. The minimum absolute atomic E-state index is 0.0537. The lowest BCUT2D eigenvalue weighted by atomic mass is 10.1. The van der Waals surface area contributed by atoms with Crippen LogP contribution in [0, 0.1) is 6.92 Å². The fourth-order valence-electron chi connectivity index (χ4n) is 2.21. The summed E-state index contributed by atoms with van der Waals surface area (Å²) >= 11 is 0. The number of aliphatic hydroxyl groups is 3. The van der Waals surface area contributed by atoms with Crippen LogP contribution in [0.2, 0.25) is 0 Å². The number of aromatic nitrogens is 4. The molecule has 2 unspecified atom stereocenters. The summed E-state index contributed by atoms with van der Waals surface area (Å²) in [5.74, 6) is 0.0537. The quantitative estimate of drug-likeness (QED) is 0.316. The topological polar surface area (TPSA) is 197 Å². The Morgan fingerprint density at radius 2 is 2.00 bits per heavy atom. The largest absolute Gasteiger partial charge is 0.394 e. The molecular formula is C14H19N5O7. The van der Waals surface area contributed by atoms with E-state index in [9.17, 15) is 24.6 Å². The number of nitrogen functional groups attached to an aromatic ring is 1. The van der Waals surface area contributed by atoms with Gasteiger partial charge >= 0.3 is 11.4 Å². The van der Waals surface area contributed by atoms with Gasteiger partial charge in [0, 0.05) is 18.0 Å². The van der Waals surface area contributed by atoms with Crippen molar-refractivity contribution in [3.8, 4) is 0 Å². The molecule has 0 amide bonds. The molecule has 142 valence electrons. The molecule has 1 aliphatic rings. The second kappa shape index (κ2) is 8.05. The van der Waals surface area contributed by atoms with Crippen molar-refractivity contribution >= 4 is 5.82 Å². The van der Waals surface area contributed by atoms with Gasteiger partial charge in [0.2, 0.25) is 0 Å². The van der Waals surface area contributed by atoms with Crippen LogP contribution >= 0.6 is 0 Å². The van der Waals surface area contributed by atoms with Crippen LogP contribution in [0.25, 0.3) is 0 Å². The van der Waals surface area contributed by atoms with Crippen LogP contribution in [0.15, 0.2) is 32.8 Å². The second-order valence-corrected chi connectivity index (χ2v) is 5.53. The van der Waals surface area contributed by atoms with Gasteiger partial charge in [0.1, 0.15) is 24.1 Å². The molecule has 3 rings (SSSR count). The van der Waals surface area contributed by atoms with Crippen molar-refractivity contribution in [1.29, 1.82) is 0 Å². The number of anilines is 1. The molecule has 0 radical (unpaired) electrons. The Bertz CT molecular complexity index is 921. The molecule has 4 atom stereocenters. The first-order valence-corrected chi connectivity index (χ1v) is 7.50. The predicted octanol–water partition coefficient (Wildman–Crippen LogP) is -3.19. The minimum Gasteiger partial charge on any atom is -0.394 e. The highest BCUT2D eigenvalue weighted by Crippen LogP contribution is 2.27. The Labute approximate surface area is 145 Å². The zero-order chi connectivity index (χ0) is 19.4. The molecule has 0 bridgehead atoms. The van der Waals surface area contributed by atoms with Crippen molar-refractivity contribution < 1.29 is 20.1 Å². The van der Waals surface area contributed by atoms with Gasteiger partial charge < -0.3 is 30.8 Å². The summed E-state index contributed by atoms with van der Waals surface area (Å²) in [6.07, 6.45) is -1.89. The van der Waals surface area contributed by atoms with E-state index in [2.05, 4.69) is 15.0 Å². The van der Waals surface area contributed by atoms with E-state index in [1.165, 1.54) is 18.5 Å². The van der Waals surface area contributed by atoms with Crippen LogP contribution in [0.4, 0.5) is 5.82 Å². The van der Waals surface area contributed by atoms with E-state index in [-0.39, 0.29) is 11.4 Å². The summed E-state index contributed by atoms with van der Waals surface area (Å²) in [6.45, 7) is 1.17. The van der Waals surface area contributed by atoms with E-state index in [0.29, 0.717) is 5.56 Å². The van der Waals surface area contributed by atoms with Gasteiger partial charge in [0.05, 0.1) is 6.61 Å². The molecule has 1 fully saturated rings. The number of aliphatic hydroxyl groups excluding tert-OH is 3. The van der Waals surface area contributed by atoms with Gasteiger partial charge in [-0.3, -0.25) is 14.3 Å². The van der Waals surface area contributed by atoms with Crippen molar-refractivity contribution in [2.45, 2.75) is 31.5 Å². The lowest BCUT2D eigenvalue weighted by Crippen LogP contribution is -2.36. The number of ether oxygens (including phenoxy) is 1. The Kier molecular flexibility index (Phi) is 6.05. The van der Waals surface area contributed by atoms with Gasteiger partial charge in [-0.05, 0) is 13.0 Å². The van der Waals surface area contributed by atoms with Gasteiger partial charge in [0.15, 0.2) is 6.23 Å². The van der Waals surface area contributed by atoms with Crippen LogP contribution < -0.4 is 22.7 Å². The SMILES string of the molecule is Cc1c[nH]c(=O)[nH]c1=O.Nc1ccn(C2O[C@H](CO)C(O)[C@H]2O)c(=O)n1. The maximum Gasteiger partial charge on any atom is 0.351 e. The molecule has 12 heteroatoms. The zero-order valence-electron chi connectivity index (χ0n) is 13.7. The van der Waals surface area contributed by atoms with Crippen LogP contribution in [0.5, 0.6) is 0 Å². The molecule has 0 aromatic carbocycles. The van der Waals surface area contributed by atoms with Crippen molar-refractivity contribution in [1.82, 2.24) is 19.5 Å². The highest BCUT2D eigenvalue weighted by Gasteiger charge is 2.43. The number of nitrogens with one attached hydrogen (secondary N) is 2. The average Bonchev–Trinajstić information content (AvgIpc) is 2.87. The van der Waals surface area contributed by atoms with Gasteiger partial charge in [-0.1, -0.05) is 0 Å². The fourth-order valence-corrected chi connectivity index (χ4v) is 2.21. The Balaban J connectivity index is 0.000000228. The molecule has 1 saturated heterocycles. The summed E-state index contributed by atoms with van der Waals surface area (Å²) in [5.41, 5.74) is 4.34. The maximum atomic E-state index is 11.5. The van der Waals surface area contributed by atoms with Crippen LogP contribution in [0.3, 0.4) is 0 Å². The van der Waals surface area contributed by atoms with Crippen molar-refractivity contribution in [3.63, 3.8) is 0 Å². The molecule has 0 spiro atoms. The molecule has 1 aliphatic heterocycles. The molecule has 2 aromatic heterocycles. The third kappa shape index (κ3) is 4.23. The summed E-state index contributed by atoms with van der Waals surface area (Å²) in [5, 5.41) is 28.2. The van der Waals surface area contributed by atoms with Gasteiger partial charge in [0.25, 0.3) is 5.56 Å². The summed E-state index contributed by atoms with van der Waals surface area (Å²) in [6, 6.07) is 1.37. The van der Waals surface area contributed by atoms with Crippen LogP contribution in [-0.4, -0.2) is 59.8 Å². The number of nitrogens with zero attached hydrogens (tertiary/aromatic N) is 2. The third-order valence-electron chi connectivity index (χ3n) is 3.65. The molecule has 7 N–H and O–H groups in total. The third-order valence-corrected chi connectivity index (χ3v) is 3.65. The Morgan fingerprint density at radius 1 is 1.31 bits per heavy atom. The summed E-state index contributed by atoms with van der Waals surface area (Å²) in [4.78, 5) is 40.3. The molecule has 2 aromatic rings. The highest BCUT2D eigenvalue weighted by atomic mass is 16.6. The number of nitrogens with two attached hydrogens (primary N) is 1. The fraction of sp³-hybridized carbons (Fsp3) is 0.429. The van der Waals surface area contributed by atoms with E-state index in [1.54, 1.807) is 6.92 Å². The number of hydrogen-bond donors (Lipinski definition) is 6. The molecule has 26 heavy (non-hydrogen) atoms. The van der Waals surface area contributed by atoms with Crippen LogP contribution in [-0.2, 0) is 4.74 Å². The maximum absolute atomic E-state index is 11.5. The molecule has 3 heterocycles. The minimum atomic E-state index is -1.31. The standard InChI is InChI=1S/C9H13N3O5.C5H6N2O2/c10-5-1-2-12(9(16)11-5)8-7(15)6(14)4(3-13)17-8;1-3-2-6-5(9)7-4(3)8/h1-2,4,6-8,13-15H,3H2,(H2,10,11,16);2H,1H3,(H2,6,7,8,9)/t4-,6?,7-,8?;/m1./s1. The molecular weight excluding hydrogens is 350 g/mol. The summed E-state index contributed by atoms with van der Waals surface area (Å²) < 4.78 is 6.19. The number of hydrogen-bond acceptors (Lipinski definition) is 9. The molecule has 0 aliphatic carbocycles. The van der Waals surface area contributed by atoms with Crippen LogP contribution in [0.1, 0.15) is 11.8 Å². The highest BCUT2D eigenvalue weighted by molar-refractivity contribution is 5.23. The van der Waals surface area contributed by atoms with Gasteiger partial charge in [-0.25, -0.2) is 9.59 Å². The van der Waals surface area contributed by atoms with Crippen molar-refractivity contribution in [2.75, 3.05) is 12.3 Å². The Hall–Kier alpha value is -2.80. The summed E-state index contributed by atoms with van der Waals surface area (Å²) in [7, 11) is 0. The first-order chi connectivity index (χ1) is 12.2. The Morgan fingerprint density at radius 3 is 2.50 bits per heavy atom. The van der Waals surface area contributed by atoms with Gasteiger partial charge in [-0.2, -0.15) is 4.98 Å². The molecule has 0 saturated carbocycles. The van der Waals surface area contributed by atoms with Gasteiger partial charge in [-0.15, -0.1) is 0 Å². The number of aromatic amines is 2. The average molecular weight is 369 g/mol. The monoisotopic (exact) mass is 369 g/mol. The zero-order valence-corrected chi connectivity index (χ0v) is 13.7. The van der Waals surface area contributed by atoms with E-state index in [4.69, 9.17) is 15.6 Å². The first-order valence-electron chi connectivity index (χ1n) is 7.50. The normalized spacial score (nSPS) is 24.8. The second-order valence-electron chi connectivity index (χ2n) is 5.53. The van der Waals surface area contributed by atoms with E-state index in [0.717, 1.165) is 4.57 Å². The predicted molar refractivity (Wildman–Crippen MR) is 88.3 cm³/mol. The van der Waals surface area contributed by atoms with E-state index in [1.807, 2.05) is 0 Å². The lowest BCUT2D eigenvalue weighted by Gasteiger charge is -2.16. The number of rotatable bonds is 2. The van der Waals surface area contributed by atoms with Crippen molar-refractivity contribution in [3.05, 3.63) is 55.3 Å². The smallest absolute Gasteiger partial charge is 0.351 e.